The molecule has 3 rings (SSSR count). The van der Waals surface area contributed by atoms with Crippen LogP contribution in [0.2, 0.25) is 0 Å². The predicted octanol–water partition coefficient (Wildman–Crippen LogP) is 1.65. The number of hydrogen-bond acceptors (Lipinski definition) is 3. The van der Waals surface area contributed by atoms with Crippen molar-refractivity contribution in [3.05, 3.63) is 18.0 Å². The van der Waals surface area contributed by atoms with E-state index in [0.717, 1.165) is 18.5 Å². The van der Waals surface area contributed by atoms with Gasteiger partial charge in [-0.05, 0) is 39.2 Å². The number of fused-ring (bicyclic) bond motifs is 1. The van der Waals surface area contributed by atoms with E-state index >= 15 is 0 Å². The molecule has 4 nitrogen and oxygen atoms in total. The average Bonchev–Trinajstić information content (AvgIpc) is 3.04. The topological polar surface area (TPSA) is 33.1 Å². The largest absolute Gasteiger partial charge is 0.312 e. The summed E-state index contributed by atoms with van der Waals surface area (Å²) < 4.78 is 2.02. The van der Waals surface area contributed by atoms with Gasteiger partial charge in [0.05, 0.1) is 6.20 Å². The maximum atomic E-state index is 4.39. The van der Waals surface area contributed by atoms with Gasteiger partial charge in [-0.1, -0.05) is 0 Å². The lowest BCUT2D eigenvalue weighted by Crippen LogP contribution is -2.40. The summed E-state index contributed by atoms with van der Waals surface area (Å²) in [5.74, 6) is 0.863. The van der Waals surface area contributed by atoms with Gasteiger partial charge in [0.2, 0.25) is 0 Å². The van der Waals surface area contributed by atoms with Crippen LogP contribution in [0.1, 0.15) is 38.3 Å². The van der Waals surface area contributed by atoms with Gasteiger partial charge < -0.3 is 5.32 Å². The van der Waals surface area contributed by atoms with Crippen LogP contribution >= 0.6 is 0 Å². The van der Waals surface area contributed by atoms with Crippen LogP contribution in [0, 0.1) is 5.92 Å². The van der Waals surface area contributed by atoms with Crippen LogP contribution < -0.4 is 5.32 Å². The number of aryl methyl sites for hydroxylation is 1. The van der Waals surface area contributed by atoms with Crippen molar-refractivity contribution in [2.24, 2.45) is 5.92 Å². The summed E-state index contributed by atoms with van der Waals surface area (Å²) >= 11 is 0. The van der Waals surface area contributed by atoms with Crippen molar-refractivity contribution in [3.63, 3.8) is 0 Å². The quantitative estimate of drug-likeness (QED) is 0.883. The Hall–Kier alpha value is -0.870. The minimum absolute atomic E-state index is 0.498. The van der Waals surface area contributed by atoms with Crippen LogP contribution in [0.15, 0.2) is 12.4 Å². The lowest BCUT2D eigenvalue weighted by atomic mass is 9.94. The fourth-order valence-electron chi connectivity index (χ4n) is 3.38. The van der Waals surface area contributed by atoms with E-state index in [2.05, 4.69) is 35.4 Å². The zero-order valence-electron chi connectivity index (χ0n) is 11.5. The third kappa shape index (κ3) is 2.19. The molecule has 2 aliphatic rings. The number of nitrogens with zero attached hydrogens (tertiary/aromatic N) is 3. The van der Waals surface area contributed by atoms with Crippen molar-refractivity contribution in [3.8, 4) is 0 Å². The predicted molar refractivity (Wildman–Crippen MR) is 72.4 cm³/mol. The average molecular weight is 248 g/mol. The van der Waals surface area contributed by atoms with Crippen LogP contribution in [0.25, 0.3) is 0 Å². The molecule has 0 aromatic carbocycles. The first-order valence-corrected chi connectivity index (χ1v) is 7.27. The molecule has 0 saturated carbocycles. The normalized spacial score (nSPS) is 30.3. The minimum Gasteiger partial charge on any atom is -0.312 e. The van der Waals surface area contributed by atoms with Gasteiger partial charge in [-0.2, -0.15) is 5.10 Å². The second-order valence-corrected chi connectivity index (χ2v) is 5.72. The van der Waals surface area contributed by atoms with Crippen molar-refractivity contribution in [2.75, 3.05) is 19.6 Å². The summed E-state index contributed by atoms with van der Waals surface area (Å²) in [6.45, 7) is 9.06. The van der Waals surface area contributed by atoms with Crippen molar-refractivity contribution >= 4 is 0 Å². The molecule has 18 heavy (non-hydrogen) atoms. The zero-order chi connectivity index (χ0) is 12.5. The fourth-order valence-corrected chi connectivity index (χ4v) is 3.38. The van der Waals surface area contributed by atoms with E-state index in [1.807, 2.05) is 10.9 Å². The van der Waals surface area contributed by atoms with Gasteiger partial charge in [0.1, 0.15) is 0 Å². The van der Waals surface area contributed by atoms with Gasteiger partial charge >= 0.3 is 0 Å². The summed E-state index contributed by atoms with van der Waals surface area (Å²) in [6.07, 6.45) is 6.97. The minimum atomic E-state index is 0.498. The molecule has 4 heteroatoms. The van der Waals surface area contributed by atoms with Crippen molar-refractivity contribution in [1.82, 2.24) is 20.0 Å². The van der Waals surface area contributed by atoms with E-state index in [9.17, 15) is 0 Å². The molecule has 2 saturated heterocycles. The summed E-state index contributed by atoms with van der Waals surface area (Å²) in [6, 6.07) is 1.22. The smallest absolute Gasteiger partial charge is 0.0537 e. The molecule has 0 radical (unpaired) electrons. The number of piperidine rings is 1. The van der Waals surface area contributed by atoms with E-state index in [1.165, 1.54) is 38.0 Å². The molecule has 3 unspecified atom stereocenters. The number of rotatable bonds is 3. The lowest BCUT2D eigenvalue weighted by molar-refractivity contribution is 0.250. The molecule has 3 heterocycles. The van der Waals surface area contributed by atoms with E-state index in [-0.39, 0.29) is 0 Å². The number of aromatic nitrogens is 2. The Morgan fingerprint density at radius 1 is 1.50 bits per heavy atom. The Balaban J connectivity index is 1.67. The summed E-state index contributed by atoms with van der Waals surface area (Å²) in [5.41, 5.74) is 1.36. The molecule has 0 amide bonds. The van der Waals surface area contributed by atoms with Gasteiger partial charge in [-0.15, -0.1) is 0 Å². The van der Waals surface area contributed by atoms with Crippen molar-refractivity contribution in [1.29, 1.82) is 0 Å². The monoisotopic (exact) mass is 248 g/mol. The zero-order valence-corrected chi connectivity index (χ0v) is 11.5. The highest BCUT2D eigenvalue weighted by molar-refractivity contribution is 5.11. The Labute approximate surface area is 109 Å². The van der Waals surface area contributed by atoms with Gasteiger partial charge in [-0.25, -0.2) is 0 Å². The summed E-state index contributed by atoms with van der Waals surface area (Å²) in [4.78, 5) is 2.62. The molecular weight excluding hydrogens is 224 g/mol. The maximum Gasteiger partial charge on any atom is 0.0537 e. The molecule has 0 aliphatic carbocycles. The number of hydrogen-bond donors (Lipinski definition) is 1. The van der Waals surface area contributed by atoms with Crippen LogP contribution in [0.3, 0.4) is 0 Å². The molecule has 2 aliphatic heterocycles. The van der Waals surface area contributed by atoms with Crippen LogP contribution in [0.5, 0.6) is 0 Å². The van der Waals surface area contributed by atoms with E-state index < -0.39 is 0 Å². The third-order valence-electron chi connectivity index (χ3n) is 4.63. The molecule has 1 aromatic heterocycles. The van der Waals surface area contributed by atoms with Crippen LogP contribution in [0.4, 0.5) is 0 Å². The highest BCUT2D eigenvalue weighted by Gasteiger charge is 2.36. The Kier molecular flexibility index (Phi) is 3.39. The third-order valence-corrected chi connectivity index (χ3v) is 4.63. The number of nitrogens with one attached hydrogen (secondary N) is 1. The maximum absolute atomic E-state index is 4.39. The molecular formula is C14H24N4. The molecule has 1 aromatic rings. The SMILES string of the molecule is CCn1cc(C(C)N2CC3CCCNC3C2)cn1. The van der Waals surface area contributed by atoms with E-state index in [4.69, 9.17) is 0 Å². The van der Waals surface area contributed by atoms with Crippen molar-refractivity contribution < 1.29 is 0 Å². The molecule has 1 N–H and O–H groups in total. The van der Waals surface area contributed by atoms with Gasteiger partial charge in [0, 0.05) is 43.5 Å². The molecule has 2 fully saturated rings. The Morgan fingerprint density at radius 3 is 3.11 bits per heavy atom. The van der Waals surface area contributed by atoms with Gasteiger partial charge in [-0.3, -0.25) is 9.58 Å². The highest BCUT2D eigenvalue weighted by Crippen LogP contribution is 2.31. The van der Waals surface area contributed by atoms with Gasteiger partial charge in [0.15, 0.2) is 0 Å². The highest BCUT2D eigenvalue weighted by atomic mass is 15.3. The number of likely N-dealkylation sites (tertiary alicyclic amines) is 1. The first-order valence-electron chi connectivity index (χ1n) is 7.27. The summed E-state index contributed by atoms with van der Waals surface area (Å²) in [7, 11) is 0. The first kappa shape index (κ1) is 12.2. The fraction of sp³-hybridized carbons (Fsp3) is 0.786. The second kappa shape index (κ2) is 5.02. The van der Waals surface area contributed by atoms with Crippen LogP contribution in [-0.2, 0) is 6.54 Å². The van der Waals surface area contributed by atoms with Crippen molar-refractivity contribution in [2.45, 2.75) is 45.3 Å². The first-order chi connectivity index (χ1) is 8.78. The lowest BCUT2D eigenvalue weighted by Gasteiger charge is -2.25. The Morgan fingerprint density at radius 2 is 2.39 bits per heavy atom. The molecule has 0 bridgehead atoms. The second-order valence-electron chi connectivity index (χ2n) is 5.72. The van der Waals surface area contributed by atoms with E-state index in [1.54, 1.807) is 0 Å². The Bertz CT molecular complexity index is 386. The molecule has 100 valence electrons. The molecule has 3 atom stereocenters. The van der Waals surface area contributed by atoms with Gasteiger partial charge in [0.25, 0.3) is 0 Å². The van der Waals surface area contributed by atoms with Crippen LogP contribution in [-0.4, -0.2) is 40.4 Å². The van der Waals surface area contributed by atoms with E-state index in [0.29, 0.717) is 6.04 Å². The standard InChI is InChI=1S/C14H24N4/c1-3-18-9-13(7-16-18)11(2)17-8-12-5-4-6-15-14(12)10-17/h7,9,11-12,14-15H,3-6,8,10H2,1-2H3. The molecule has 0 spiro atoms. The summed E-state index contributed by atoms with van der Waals surface area (Å²) in [5, 5.41) is 8.06.